The van der Waals surface area contributed by atoms with Crippen LogP contribution in [0.2, 0.25) is 5.02 Å². The molecule has 0 fully saturated rings. The minimum Gasteiger partial charge on any atom is -0.496 e. The van der Waals surface area contributed by atoms with Gasteiger partial charge in [-0.1, -0.05) is 17.7 Å². The third-order valence-electron chi connectivity index (χ3n) is 2.30. The zero-order valence-corrected chi connectivity index (χ0v) is 12.0. The first kappa shape index (κ1) is 13.2. The molecule has 18 heavy (non-hydrogen) atoms. The van der Waals surface area contributed by atoms with Crippen molar-refractivity contribution in [3.05, 3.63) is 51.7 Å². The highest BCUT2D eigenvalue weighted by Crippen LogP contribution is 2.26. The molecular formula is C13H11BrClNO2. The van der Waals surface area contributed by atoms with Crippen LogP contribution in [0.15, 0.2) is 41.1 Å². The van der Waals surface area contributed by atoms with Gasteiger partial charge in [-0.2, -0.15) is 0 Å². The number of hydrogen-bond donors (Lipinski definition) is 0. The topological polar surface area (TPSA) is 31.4 Å². The third-order valence-corrected chi connectivity index (χ3v) is 3.13. The van der Waals surface area contributed by atoms with E-state index in [9.17, 15) is 0 Å². The molecule has 3 nitrogen and oxygen atoms in total. The number of nitrogens with zero attached hydrogens (tertiary/aromatic N) is 1. The van der Waals surface area contributed by atoms with Gasteiger partial charge in [-0.05, 0) is 33.6 Å². The van der Waals surface area contributed by atoms with Gasteiger partial charge in [0.05, 0.1) is 22.8 Å². The first-order chi connectivity index (χ1) is 8.69. The van der Waals surface area contributed by atoms with E-state index in [1.807, 2.05) is 18.2 Å². The van der Waals surface area contributed by atoms with E-state index in [-0.39, 0.29) is 0 Å². The van der Waals surface area contributed by atoms with Crippen molar-refractivity contribution >= 4 is 27.5 Å². The van der Waals surface area contributed by atoms with Crippen molar-refractivity contribution in [2.75, 3.05) is 7.11 Å². The van der Waals surface area contributed by atoms with Gasteiger partial charge in [-0.3, -0.25) is 4.98 Å². The number of rotatable bonds is 4. The second-order valence-corrected chi connectivity index (χ2v) is 4.89. The van der Waals surface area contributed by atoms with Crippen molar-refractivity contribution in [2.45, 2.75) is 6.61 Å². The van der Waals surface area contributed by atoms with Crippen LogP contribution in [0.4, 0.5) is 0 Å². The second kappa shape index (κ2) is 6.07. The molecule has 0 amide bonds. The first-order valence-corrected chi connectivity index (χ1v) is 6.42. The molecule has 0 atom stereocenters. The van der Waals surface area contributed by atoms with E-state index in [1.165, 1.54) is 0 Å². The zero-order chi connectivity index (χ0) is 13.0. The minimum atomic E-state index is 0.449. The molecule has 2 aromatic rings. The maximum absolute atomic E-state index is 5.82. The number of hydrogen-bond acceptors (Lipinski definition) is 3. The lowest BCUT2D eigenvalue weighted by Crippen LogP contribution is -1.96. The summed E-state index contributed by atoms with van der Waals surface area (Å²) in [5, 5.41) is 0.559. The van der Waals surface area contributed by atoms with Gasteiger partial charge in [0, 0.05) is 12.3 Å². The molecule has 1 heterocycles. The Balaban J connectivity index is 2.04. The van der Waals surface area contributed by atoms with Crippen LogP contribution in [0.25, 0.3) is 0 Å². The van der Waals surface area contributed by atoms with E-state index in [4.69, 9.17) is 21.1 Å². The lowest BCUT2D eigenvalue weighted by molar-refractivity contribution is 0.304. The quantitative estimate of drug-likeness (QED) is 0.847. The molecule has 0 saturated carbocycles. The summed E-state index contributed by atoms with van der Waals surface area (Å²) in [5.41, 5.74) is 1.03. The molecule has 2 rings (SSSR count). The molecule has 94 valence electrons. The van der Waals surface area contributed by atoms with Crippen LogP contribution in [0.5, 0.6) is 11.5 Å². The van der Waals surface area contributed by atoms with Gasteiger partial charge < -0.3 is 9.47 Å². The summed E-state index contributed by atoms with van der Waals surface area (Å²) in [6.07, 6.45) is 3.20. The van der Waals surface area contributed by atoms with Gasteiger partial charge in [-0.25, -0.2) is 0 Å². The highest BCUT2D eigenvalue weighted by Gasteiger charge is 2.02. The van der Waals surface area contributed by atoms with Crippen molar-refractivity contribution < 1.29 is 9.47 Å². The molecular weight excluding hydrogens is 318 g/mol. The van der Waals surface area contributed by atoms with Crippen LogP contribution in [0.1, 0.15) is 5.56 Å². The predicted molar refractivity (Wildman–Crippen MR) is 74.3 cm³/mol. The number of halogens is 2. The fourth-order valence-electron chi connectivity index (χ4n) is 1.44. The molecule has 1 aromatic heterocycles. The third kappa shape index (κ3) is 3.37. The molecule has 0 bridgehead atoms. The number of pyridine rings is 1. The maximum atomic E-state index is 5.82. The van der Waals surface area contributed by atoms with Crippen LogP contribution in [-0.2, 0) is 6.61 Å². The zero-order valence-electron chi connectivity index (χ0n) is 9.69. The lowest BCUT2D eigenvalue weighted by atomic mass is 10.2. The number of methoxy groups -OCH3 is 1. The molecule has 0 aliphatic carbocycles. The Kier molecular flexibility index (Phi) is 4.44. The number of aromatic nitrogens is 1. The summed E-state index contributed by atoms with van der Waals surface area (Å²) >= 11 is 9.26. The highest BCUT2D eigenvalue weighted by molar-refractivity contribution is 9.10. The number of benzene rings is 1. The van der Waals surface area contributed by atoms with Crippen molar-refractivity contribution in [1.29, 1.82) is 0 Å². The van der Waals surface area contributed by atoms with Crippen LogP contribution >= 0.6 is 27.5 Å². The normalized spacial score (nSPS) is 10.2. The van der Waals surface area contributed by atoms with Crippen molar-refractivity contribution in [3.63, 3.8) is 0 Å². The standard InChI is InChI=1S/C13H11BrClNO2/c1-17-13-3-2-9(4-12(13)14)8-18-11-5-10(15)6-16-7-11/h2-7H,8H2,1H3. The summed E-state index contributed by atoms with van der Waals surface area (Å²) in [7, 11) is 1.63. The van der Waals surface area contributed by atoms with Gasteiger partial charge in [0.1, 0.15) is 18.1 Å². The van der Waals surface area contributed by atoms with Crippen molar-refractivity contribution in [2.24, 2.45) is 0 Å². The van der Waals surface area contributed by atoms with E-state index in [0.29, 0.717) is 17.4 Å². The molecule has 0 N–H and O–H groups in total. The molecule has 0 aliphatic rings. The Bertz CT molecular complexity index is 548. The van der Waals surface area contributed by atoms with E-state index in [1.54, 1.807) is 25.6 Å². The Morgan fingerprint density at radius 1 is 1.28 bits per heavy atom. The molecule has 0 radical (unpaired) electrons. The fourth-order valence-corrected chi connectivity index (χ4v) is 2.19. The van der Waals surface area contributed by atoms with E-state index < -0.39 is 0 Å². The second-order valence-electron chi connectivity index (χ2n) is 3.60. The molecule has 0 unspecified atom stereocenters. The Morgan fingerprint density at radius 2 is 2.11 bits per heavy atom. The lowest BCUT2D eigenvalue weighted by Gasteiger charge is -2.08. The Hall–Kier alpha value is -1.26. The van der Waals surface area contributed by atoms with Gasteiger partial charge in [0.2, 0.25) is 0 Å². The van der Waals surface area contributed by atoms with E-state index >= 15 is 0 Å². The van der Waals surface area contributed by atoms with Gasteiger partial charge in [0.15, 0.2) is 0 Å². The van der Waals surface area contributed by atoms with Gasteiger partial charge in [-0.15, -0.1) is 0 Å². The summed E-state index contributed by atoms with van der Waals surface area (Å²) in [6.45, 7) is 0.449. The number of ether oxygens (including phenoxy) is 2. The SMILES string of the molecule is COc1ccc(COc2cncc(Cl)c2)cc1Br. The summed E-state index contributed by atoms with van der Waals surface area (Å²) in [6, 6.07) is 7.52. The van der Waals surface area contributed by atoms with Crippen molar-refractivity contribution in [3.8, 4) is 11.5 Å². The fraction of sp³-hybridized carbons (Fsp3) is 0.154. The summed E-state index contributed by atoms with van der Waals surface area (Å²) < 4.78 is 11.7. The monoisotopic (exact) mass is 327 g/mol. The van der Waals surface area contributed by atoms with Gasteiger partial charge >= 0.3 is 0 Å². The summed E-state index contributed by atoms with van der Waals surface area (Å²) in [4.78, 5) is 3.96. The average Bonchev–Trinajstić information content (AvgIpc) is 2.37. The highest BCUT2D eigenvalue weighted by atomic mass is 79.9. The van der Waals surface area contributed by atoms with Crippen LogP contribution < -0.4 is 9.47 Å². The molecule has 0 saturated heterocycles. The average molecular weight is 329 g/mol. The summed E-state index contributed by atoms with van der Waals surface area (Å²) in [5.74, 6) is 1.44. The van der Waals surface area contributed by atoms with Crippen LogP contribution in [-0.4, -0.2) is 12.1 Å². The largest absolute Gasteiger partial charge is 0.496 e. The molecule has 5 heteroatoms. The molecule has 0 aliphatic heterocycles. The smallest absolute Gasteiger partial charge is 0.139 e. The minimum absolute atomic E-state index is 0.449. The molecule has 1 aromatic carbocycles. The van der Waals surface area contributed by atoms with Gasteiger partial charge in [0.25, 0.3) is 0 Å². The Morgan fingerprint density at radius 3 is 2.78 bits per heavy atom. The predicted octanol–water partition coefficient (Wildman–Crippen LogP) is 4.09. The van der Waals surface area contributed by atoms with Crippen molar-refractivity contribution in [1.82, 2.24) is 4.98 Å². The van der Waals surface area contributed by atoms with Crippen LogP contribution in [0.3, 0.4) is 0 Å². The Labute approximate surface area is 119 Å². The molecule has 0 spiro atoms. The van der Waals surface area contributed by atoms with Crippen LogP contribution in [0, 0.1) is 0 Å². The van der Waals surface area contributed by atoms with E-state index in [2.05, 4.69) is 20.9 Å². The van der Waals surface area contributed by atoms with E-state index in [0.717, 1.165) is 15.8 Å². The first-order valence-electron chi connectivity index (χ1n) is 5.25. The maximum Gasteiger partial charge on any atom is 0.139 e.